The van der Waals surface area contributed by atoms with E-state index >= 15 is 0 Å². The lowest BCUT2D eigenvalue weighted by Crippen LogP contribution is -2.40. The fourth-order valence-electron chi connectivity index (χ4n) is 5.71. The van der Waals surface area contributed by atoms with Gasteiger partial charge in [-0.25, -0.2) is 9.79 Å². The van der Waals surface area contributed by atoms with Crippen LogP contribution >= 0.6 is 11.3 Å². The van der Waals surface area contributed by atoms with Gasteiger partial charge in [0.05, 0.1) is 35.6 Å². The van der Waals surface area contributed by atoms with Gasteiger partial charge in [0.2, 0.25) is 0 Å². The van der Waals surface area contributed by atoms with Crippen molar-refractivity contribution in [2.75, 3.05) is 13.7 Å². The molecule has 222 valence electrons. The zero-order valence-corrected chi connectivity index (χ0v) is 26.1. The lowest BCUT2D eigenvalue weighted by atomic mass is 9.93. The Balaban J connectivity index is 1.59. The van der Waals surface area contributed by atoms with Crippen LogP contribution in [-0.4, -0.2) is 28.8 Å². The average molecular weight is 604 g/mol. The number of nitrogens with zero attached hydrogens (tertiary/aromatic N) is 3. The van der Waals surface area contributed by atoms with Gasteiger partial charge in [-0.3, -0.25) is 9.36 Å². The molecule has 0 saturated carbocycles. The number of aromatic nitrogens is 2. The van der Waals surface area contributed by atoms with Crippen molar-refractivity contribution in [3.63, 3.8) is 0 Å². The van der Waals surface area contributed by atoms with Crippen molar-refractivity contribution >= 4 is 29.1 Å². The third kappa shape index (κ3) is 5.22. The molecular formula is C36H33N3O4S. The number of esters is 1. The average Bonchev–Trinajstić information content (AvgIpc) is 3.50. The summed E-state index contributed by atoms with van der Waals surface area (Å²) in [5.74, 6) is 0.168. The maximum absolute atomic E-state index is 14.3. The summed E-state index contributed by atoms with van der Waals surface area (Å²) in [7, 11) is 1.60. The Hall–Kier alpha value is -4.95. The molecule has 3 aromatic carbocycles. The highest BCUT2D eigenvalue weighted by Gasteiger charge is 2.35. The maximum atomic E-state index is 14.3. The van der Waals surface area contributed by atoms with Crippen molar-refractivity contribution < 1.29 is 14.3 Å². The van der Waals surface area contributed by atoms with Crippen molar-refractivity contribution in [3.8, 4) is 11.4 Å². The quantitative estimate of drug-likeness (QED) is 0.225. The molecule has 2 aromatic heterocycles. The van der Waals surface area contributed by atoms with E-state index in [1.165, 1.54) is 16.9 Å². The highest BCUT2D eigenvalue weighted by Crippen LogP contribution is 2.35. The summed E-state index contributed by atoms with van der Waals surface area (Å²) in [4.78, 5) is 33.4. The van der Waals surface area contributed by atoms with E-state index in [0.717, 1.165) is 33.8 Å². The summed E-state index contributed by atoms with van der Waals surface area (Å²) in [6.07, 6.45) is 1.93. The topological polar surface area (TPSA) is 74.8 Å². The monoisotopic (exact) mass is 603 g/mol. The molecule has 0 saturated heterocycles. The van der Waals surface area contributed by atoms with Crippen LogP contribution in [-0.2, 0) is 9.53 Å². The van der Waals surface area contributed by atoms with E-state index in [4.69, 9.17) is 14.5 Å². The molecule has 0 N–H and O–H groups in total. The van der Waals surface area contributed by atoms with Crippen LogP contribution in [0.4, 0.5) is 0 Å². The Morgan fingerprint density at radius 3 is 2.34 bits per heavy atom. The molecule has 7 nitrogen and oxygen atoms in total. The molecule has 0 aliphatic carbocycles. The second-order valence-electron chi connectivity index (χ2n) is 10.7. The lowest BCUT2D eigenvalue weighted by molar-refractivity contribution is -0.138. The highest BCUT2D eigenvalue weighted by molar-refractivity contribution is 7.07. The molecule has 0 amide bonds. The number of thiazole rings is 1. The smallest absolute Gasteiger partial charge is 0.338 e. The summed E-state index contributed by atoms with van der Waals surface area (Å²) in [5.41, 5.74) is 7.42. The summed E-state index contributed by atoms with van der Waals surface area (Å²) in [6, 6.07) is 26.7. The molecule has 1 atom stereocenters. The first-order valence-electron chi connectivity index (χ1n) is 14.5. The van der Waals surface area contributed by atoms with Gasteiger partial charge < -0.3 is 14.0 Å². The second-order valence-corrected chi connectivity index (χ2v) is 11.7. The largest absolute Gasteiger partial charge is 0.497 e. The zero-order chi connectivity index (χ0) is 31.0. The van der Waals surface area contributed by atoms with Crippen LogP contribution in [0.1, 0.15) is 46.6 Å². The van der Waals surface area contributed by atoms with Crippen molar-refractivity contribution in [2.45, 2.75) is 33.7 Å². The predicted molar refractivity (Wildman–Crippen MR) is 174 cm³/mol. The molecular weight excluding hydrogens is 570 g/mol. The molecule has 0 bridgehead atoms. The Kier molecular flexibility index (Phi) is 7.93. The van der Waals surface area contributed by atoms with E-state index < -0.39 is 12.0 Å². The van der Waals surface area contributed by atoms with Gasteiger partial charge in [-0.2, -0.15) is 0 Å². The first kappa shape index (κ1) is 29.1. The van der Waals surface area contributed by atoms with E-state index in [0.29, 0.717) is 26.4 Å². The third-order valence-electron chi connectivity index (χ3n) is 7.85. The molecule has 1 aliphatic heterocycles. The predicted octanol–water partition coefficient (Wildman–Crippen LogP) is 5.66. The number of rotatable bonds is 7. The van der Waals surface area contributed by atoms with Crippen molar-refractivity contribution in [1.29, 1.82) is 0 Å². The van der Waals surface area contributed by atoms with Gasteiger partial charge in [-0.15, -0.1) is 0 Å². The van der Waals surface area contributed by atoms with Gasteiger partial charge in [0, 0.05) is 22.6 Å². The van der Waals surface area contributed by atoms with E-state index in [9.17, 15) is 9.59 Å². The minimum Gasteiger partial charge on any atom is -0.497 e. The lowest BCUT2D eigenvalue weighted by Gasteiger charge is -2.26. The molecule has 0 radical (unpaired) electrons. The number of benzene rings is 3. The molecule has 0 spiro atoms. The maximum Gasteiger partial charge on any atom is 0.338 e. The number of ether oxygens (including phenoxy) is 2. The molecule has 44 heavy (non-hydrogen) atoms. The highest BCUT2D eigenvalue weighted by atomic mass is 32.1. The van der Waals surface area contributed by atoms with Crippen LogP contribution in [0.3, 0.4) is 0 Å². The number of hydrogen-bond donors (Lipinski definition) is 0. The fourth-order valence-corrected chi connectivity index (χ4v) is 6.70. The number of fused-ring (bicyclic) bond motifs is 1. The minimum absolute atomic E-state index is 0.195. The minimum atomic E-state index is -0.742. The van der Waals surface area contributed by atoms with Crippen LogP contribution in [0.2, 0.25) is 0 Å². The Bertz CT molecular complexity index is 2070. The van der Waals surface area contributed by atoms with Crippen LogP contribution in [0, 0.1) is 20.8 Å². The molecule has 6 rings (SSSR count). The molecule has 1 aliphatic rings. The van der Waals surface area contributed by atoms with Gasteiger partial charge in [-0.05, 0) is 75.2 Å². The molecule has 8 heteroatoms. The Morgan fingerprint density at radius 1 is 0.977 bits per heavy atom. The fraction of sp³-hybridized carbons (Fsp3) is 0.194. The van der Waals surface area contributed by atoms with Gasteiger partial charge in [0.15, 0.2) is 4.80 Å². The van der Waals surface area contributed by atoms with E-state index in [2.05, 4.69) is 55.7 Å². The van der Waals surface area contributed by atoms with Crippen molar-refractivity contribution in [1.82, 2.24) is 9.13 Å². The van der Waals surface area contributed by atoms with E-state index in [-0.39, 0.29) is 12.2 Å². The van der Waals surface area contributed by atoms with Gasteiger partial charge in [-0.1, -0.05) is 71.5 Å². The number of hydrogen-bond acceptors (Lipinski definition) is 6. The van der Waals surface area contributed by atoms with E-state index in [1.54, 1.807) is 18.6 Å². The summed E-state index contributed by atoms with van der Waals surface area (Å²) in [5, 5.41) is 0. The van der Waals surface area contributed by atoms with Crippen molar-refractivity contribution in [3.05, 3.63) is 144 Å². The first-order valence-corrected chi connectivity index (χ1v) is 15.3. The van der Waals surface area contributed by atoms with Gasteiger partial charge >= 0.3 is 5.97 Å². The molecule has 5 aromatic rings. The van der Waals surface area contributed by atoms with Gasteiger partial charge in [0.1, 0.15) is 5.75 Å². The third-order valence-corrected chi connectivity index (χ3v) is 8.84. The zero-order valence-electron chi connectivity index (χ0n) is 25.3. The van der Waals surface area contributed by atoms with Crippen LogP contribution in [0.5, 0.6) is 5.75 Å². The standard InChI is InChI=1S/C36H33N3O4S/c1-6-43-35(41)31-32(25-10-8-7-9-11-25)37-36-39(33(31)26-14-18-29(42-5)19-15-26)34(40)30(44-36)21-27-20-23(3)38(24(27)4)28-16-12-22(2)13-17-28/h7-21,33H,6H2,1-5H3/b30-21-/t33-/m1/s1. The summed E-state index contributed by atoms with van der Waals surface area (Å²) >= 11 is 1.32. The molecule has 0 fully saturated rings. The second kappa shape index (κ2) is 12.0. The van der Waals surface area contributed by atoms with Crippen molar-refractivity contribution in [2.24, 2.45) is 4.99 Å². The number of carbonyl (C=O) groups is 1. The van der Waals surface area contributed by atoms with Gasteiger partial charge in [0.25, 0.3) is 5.56 Å². The number of methoxy groups -OCH3 is 1. The number of carbonyl (C=O) groups excluding carboxylic acids is 1. The van der Waals surface area contributed by atoms with Crippen LogP contribution < -0.4 is 19.6 Å². The normalized spacial score (nSPS) is 14.8. The van der Waals surface area contributed by atoms with Crippen LogP contribution in [0.25, 0.3) is 17.5 Å². The van der Waals surface area contributed by atoms with Crippen LogP contribution in [0.15, 0.2) is 100 Å². The molecule has 0 unspecified atom stereocenters. The SMILES string of the molecule is CCOC(=O)C1=C(c2ccccc2)N=c2s/c(=C\c3cc(C)n(-c4ccc(C)cc4)c3C)c(=O)n2[C@@H]1c1ccc(OC)cc1. The Morgan fingerprint density at radius 2 is 1.68 bits per heavy atom. The summed E-state index contributed by atoms with van der Waals surface area (Å²) < 4.78 is 15.3. The van der Waals surface area contributed by atoms with E-state index in [1.807, 2.05) is 60.7 Å². The Labute approximate surface area is 259 Å². The summed E-state index contributed by atoms with van der Waals surface area (Å²) in [6.45, 7) is 8.15. The number of aryl methyl sites for hydroxylation is 2. The first-order chi connectivity index (χ1) is 21.3. The molecule has 3 heterocycles.